The largest absolute Gasteiger partial charge is 0.313 e. The molecule has 0 saturated heterocycles. The second-order valence-corrected chi connectivity index (χ2v) is 2.09. The Morgan fingerprint density at radius 2 is 2.64 bits per heavy atom. The summed E-state index contributed by atoms with van der Waals surface area (Å²) in [4.78, 5) is 4.02. The van der Waals surface area contributed by atoms with Gasteiger partial charge in [0.15, 0.2) is 5.82 Å². The number of terminal acetylenes is 1. The Labute approximate surface area is 65.6 Å². The SMILES string of the molecule is C#CCn1cnc(CNC)n1. The van der Waals surface area contributed by atoms with Gasteiger partial charge >= 0.3 is 0 Å². The first-order valence-electron chi connectivity index (χ1n) is 3.33. The van der Waals surface area contributed by atoms with Crippen molar-refractivity contribution in [3.8, 4) is 12.3 Å². The van der Waals surface area contributed by atoms with Crippen LogP contribution in [0.1, 0.15) is 5.82 Å². The number of rotatable bonds is 3. The number of hydrogen-bond donors (Lipinski definition) is 1. The molecular formula is C7H10N4. The number of hydrogen-bond acceptors (Lipinski definition) is 3. The molecule has 1 rings (SSSR count). The highest BCUT2D eigenvalue weighted by Crippen LogP contribution is 1.87. The maximum absolute atomic E-state index is 5.09. The standard InChI is InChI=1S/C7H10N4/c1-3-4-11-6-9-7(10-11)5-8-2/h1,6,8H,4-5H2,2H3. The lowest BCUT2D eigenvalue weighted by atomic mass is 10.6. The predicted octanol–water partition coefficient (Wildman–Crippen LogP) is -0.369. The van der Waals surface area contributed by atoms with Crippen molar-refractivity contribution >= 4 is 0 Å². The molecule has 58 valence electrons. The first-order valence-corrected chi connectivity index (χ1v) is 3.33. The van der Waals surface area contributed by atoms with Crippen molar-refractivity contribution in [2.24, 2.45) is 0 Å². The Hall–Kier alpha value is -1.34. The van der Waals surface area contributed by atoms with Crippen molar-refractivity contribution in [1.82, 2.24) is 20.1 Å². The Bertz CT molecular complexity index is 258. The average Bonchev–Trinajstić information content (AvgIpc) is 2.38. The first-order chi connectivity index (χ1) is 5.36. The summed E-state index contributed by atoms with van der Waals surface area (Å²) < 4.78 is 1.63. The second-order valence-electron chi connectivity index (χ2n) is 2.09. The van der Waals surface area contributed by atoms with E-state index in [0.717, 1.165) is 5.82 Å². The summed E-state index contributed by atoms with van der Waals surface area (Å²) >= 11 is 0. The van der Waals surface area contributed by atoms with E-state index in [9.17, 15) is 0 Å². The van der Waals surface area contributed by atoms with Gasteiger partial charge in [0.25, 0.3) is 0 Å². The Morgan fingerprint density at radius 3 is 3.27 bits per heavy atom. The minimum absolute atomic E-state index is 0.483. The van der Waals surface area contributed by atoms with Crippen LogP contribution in [0.25, 0.3) is 0 Å². The van der Waals surface area contributed by atoms with Gasteiger partial charge in [0, 0.05) is 0 Å². The lowest BCUT2D eigenvalue weighted by molar-refractivity contribution is 0.679. The predicted molar refractivity (Wildman–Crippen MR) is 41.6 cm³/mol. The maximum atomic E-state index is 5.09. The van der Waals surface area contributed by atoms with E-state index in [0.29, 0.717) is 13.1 Å². The highest BCUT2D eigenvalue weighted by atomic mass is 15.3. The van der Waals surface area contributed by atoms with E-state index in [1.165, 1.54) is 0 Å². The van der Waals surface area contributed by atoms with Crippen LogP contribution in [0.15, 0.2) is 6.33 Å². The van der Waals surface area contributed by atoms with Crippen LogP contribution in [0, 0.1) is 12.3 Å². The fourth-order valence-electron chi connectivity index (χ4n) is 0.742. The number of aromatic nitrogens is 3. The molecule has 0 aliphatic heterocycles. The minimum Gasteiger partial charge on any atom is -0.313 e. The summed E-state index contributed by atoms with van der Waals surface area (Å²) in [6, 6.07) is 0. The van der Waals surface area contributed by atoms with E-state index in [-0.39, 0.29) is 0 Å². The third-order valence-electron chi connectivity index (χ3n) is 1.17. The van der Waals surface area contributed by atoms with Crippen LogP contribution in [0.4, 0.5) is 0 Å². The van der Waals surface area contributed by atoms with E-state index in [1.54, 1.807) is 11.0 Å². The maximum Gasteiger partial charge on any atom is 0.164 e. The topological polar surface area (TPSA) is 42.7 Å². The molecule has 0 spiro atoms. The van der Waals surface area contributed by atoms with Gasteiger partial charge in [0.1, 0.15) is 12.9 Å². The third-order valence-corrected chi connectivity index (χ3v) is 1.17. The van der Waals surface area contributed by atoms with Gasteiger partial charge in [0.2, 0.25) is 0 Å². The lowest BCUT2D eigenvalue weighted by Gasteiger charge is -1.90. The fraction of sp³-hybridized carbons (Fsp3) is 0.429. The van der Waals surface area contributed by atoms with Crippen molar-refractivity contribution in [3.05, 3.63) is 12.2 Å². The summed E-state index contributed by atoms with van der Waals surface area (Å²) in [5, 5.41) is 7.04. The summed E-state index contributed by atoms with van der Waals surface area (Å²) in [7, 11) is 1.85. The van der Waals surface area contributed by atoms with E-state index in [4.69, 9.17) is 6.42 Å². The van der Waals surface area contributed by atoms with Crippen LogP contribution in [-0.2, 0) is 13.1 Å². The lowest BCUT2D eigenvalue weighted by Crippen LogP contribution is -2.07. The quantitative estimate of drug-likeness (QED) is 0.598. The molecular weight excluding hydrogens is 140 g/mol. The van der Waals surface area contributed by atoms with Gasteiger partial charge in [-0.15, -0.1) is 6.42 Å². The molecule has 4 heteroatoms. The molecule has 0 bridgehead atoms. The second kappa shape index (κ2) is 3.74. The molecule has 1 heterocycles. The smallest absolute Gasteiger partial charge is 0.164 e. The van der Waals surface area contributed by atoms with Gasteiger partial charge < -0.3 is 5.32 Å². The van der Waals surface area contributed by atoms with Crippen LogP contribution in [0.5, 0.6) is 0 Å². The fourth-order valence-corrected chi connectivity index (χ4v) is 0.742. The van der Waals surface area contributed by atoms with Gasteiger partial charge in [-0.25, -0.2) is 9.67 Å². The summed E-state index contributed by atoms with van der Waals surface area (Å²) in [5.74, 6) is 3.25. The molecule has 11 heavy (non-hydrogen) atoms. The zero-order valence-corrected chi connectivity index (χ0v) is 6.41. The highest BCUT2D eigenvalue weighted by molar-refractivity contribution is 4.87. The van der Waals surface area contributed by atoms with Crippen molar-refractivity contribution in [2.45, 2.75) is 13.1 Å². The Balaban J connectivity index is 2.60. The number of nitrogens with zero attached hydrogens (tertiary/aromatic N) is 3. The molecule has 1 aromatic heterocycles. The van der Waals surface area contributed by atoms with Crippen molar-refractivity contribution in [2.75, 3.05) is 7.05 Å². The summed E-state index contributed by atoms with van der Waals surface area (Å²) in [5.41, 5.74) is 0. The van der Waals surface area contributed by atoms with Crippen molar-refractivity contribution in [1.29, 1.82) is 0 Å². The van der Waals surface area contributed by atoms with Crippen LogP contribution < -0.4 is 5.32 Å². The molecule has 0 amide bonds. The molecule has 4 nitrogen and oxygen atoms in total. The van der Waals surface area contributed by atoms with Crippen molar-refractivity contribution in [3.63, 3.8) is 0 Å². The Kier molecular flexibility index (Phi) is 2.64. The first kappa shape index (κ1) is 7.76. The molecule has 0 unspecified atom stereocenters. The van der Waals surface area contributed by atoms with Gasteiger partial charge in [-0.3, -0.25) is 0 Å². The van der Waals surface area contributed by atoms with Crippen LogP contribution in [0.2, 0.25) is 0 Å². The molecule has 0 saturated carbocycles. The molecule has 0 atom stereocenters. The van der Waals surface area contributed by atoms with Gasteiger partial charge in [-0.2, -0.15) is 5.10 Å². The zero-order chi connectivity index (χ0) is 8.10. The molecule has 0 aromatic carbocycles. The summed E-state index contributed by atoms with van der Waals surface area (Å²) in [6.07, 6.45) is 6.72. The molecule has 0 radical (unpaired) electrons. The zero-order valence-electron chi connectivity index (χ0n) is 6.41. The molecule has 1 N–H and O–H groups in total. The summed E-state index contributed by atoms with van der Waals surface area (Å²) in [6.45, 7) is 1.16. The van der Waals surface area contributed by atoms with Crippen LogP contribution in [0.3, 0.4) is 0 Å². The average molecular weight is 150 g/mol. The van der Waals surface area contributed by atoms with Crippen LogP contribution in [-0.4, -0.2) is 21.8 Å². The minimum atomic E-state index is 0.483. The van der Waals surface area contributed by atoms with E-state index in [2.05, 4.69) is 21.3 Å². The molecule has 0 fully saturated rings. The number of nitrogens with one attached hydrogen (secondary N) is 1. The van der Waals surface area contributed by atoms with E-state index < -0.39 is 0 Å². The van der Waals surface area contributed by atoms with Crippen molar-refractivity contribution < 1.29 is 0 Å². The highest BCUT2D eigenvalue weighted by Gasteiger charge is 1.96. The monoisotopic (exact) mass is 150 g/mol. The van der Waals surface area contributed by atoms with E-state index in [1.807, 2.05) is 7.05 Å². The van der Waals surface area contributed by atoms with Gasteiger partial charge in [-0.05, 0) is 7.05 Å². The third kappa shape index (κ3) is 2.06. The van der Waals surface area contributed by atoms with Gasteiger partial charge in [0.05, 0.1) is 6.54 Å². The van der Waals surface area contributed by atoms with Gasteiger partial charge in [-0.1, -0.05) is 5.92 Å². The normalized spacial score (nSPS) is 9.45. The van der Waals surface area contributed by atoms with Crippen LogP contribution >= 0.6 is 0 Å². The molecule has 1 aromatic rings. The molecule has 0 aliphatic carbocycles. The van der Waals surface area contributed by atoms with E-state index >= 15 is 0 Å². The Morgan fingerprint density at radius 1 is 1.82 bits per heavy atom. The molecule has 0 aliphatic rings.